The summed E-state index contributed by atoms with van der Waals surface area (Å²) in [5, 5.41) is 9.52. The van der Waals surface area contributed by atoms with Gasteiger partial charge in [-0.25, -0.2) is 4.79 Å². The van der Waals surface area contributed by atoms with E-state index in [2.05, 4.69) is 6.92 Å². The summed E-state index contributed by atoms with van der Waals surface area (Å²) in [4.78, 5) is 12.1. The lowest BCUT2D eigenvalue weighted by molar-refractivity contribution is -0.157. The van der Waals surface area contributed by atoms with Gasteiger partial charge < -0.3 is 14.6 Å². The number of carbonyl (C=O) groups is 1. The summed E-state index contributed by atoms with van der Waals surface area (Å²) in [7, 11) is 0. The minimum atomic E-state index is -0.602. The molecule has 1 aromatic carbocycles. The van der Waals surface area contributed by atoms with Gasteiger partial charge in [-0.1, -0.05) is 45.2 Å². The van der Waals surface area contributed by atoms with Gasteiger partial charge in [-0.15, -0.1) is 0 Å². The van der Waals surface area contributed by atoms with Crippen molar-refractivity contribution in [2.24, 2.45) is 0 Å². The number of benzene rings is 1. The molecule has 1 atom stereocenters. The highest BCUT2D eigenvalue weighted by molar-refractivity contribution is 5.75. The Morgan fingerprint density at radius 2 is 1.95 bits per heavy atom. The molecule has 0 aliphatic rings. The van der Waals surface area contributed by atoms with Gasteiger partial charge in [0.05, 0.1) is 6.61 Å². The van der Waals surface area contributed by atoms with Crippen molar-refractivity contribution in [3.05, 3.63) is 29.8 Å². The Balaban J connectivity index is 2.55. The van der Waals surface area contributed by atoms with Crippen molar-refractivity contribution in [3.8, 4) is 5.75 Å². The molecule has 0 fully saturated rings. The molecular formula is C18H28O4. The van der Waals surface area contributed by atoms with Crippen molar-refractivity contribution < 1.29 is 19.4 Å². The molecule has 0 aliphatic carbocycles. The lowest BCUT2D eigenvalue weighted by Gasteiger charge is -2.17. The Labute approximate surface area is 133 Å². The number of hydrogen-bond donors (Lipinski definition) is 1. The number of aromatic hydroxyl groups is 1. The quantitative estimate of drug-likeness (QED) is 0.498. The first-order valence-electron chi connectivity index (χ1n) is 8.23. The minimum Gasteiger partial charge on any atom is -0.508 e. The SMILES string of the molecule is CCCCCCOC(Cc1cccc(O)c1)C(=O)OCCC. The van der Waals surface area contributed by atoms with Crippen molar-refractivity contribution in [3.63, 3.8) is 0 Å². The summed E-state index contributed by atoms with van der Waals surface area (Å²) >= 11 is 0. The van der Waals surface area contributed by atoms with Gasteiger partial charge in [-0.3, -0.25) is 0 Å². The third kappa shape index (κ3) is 7.46. The number of hydrogen-bond acceptors (Lipinski definition) is 4. The standard InChI is InChI=1S/C18H28O4/c1-3-5-6-7-12-21-17(18(20)22-11-4-2)14-15-9-8-10-16(19)13-15/h8-10,13,17,19H,3-7,11-12,14H2,1-2H3. The zero-order valence-electron chi connectivity index (χ0n) is 13.7. The fourth-order valence-electron chi connectivity index (χ4n) is 2.16. The second-order valence-corrected chi connectivity index (χ2v) is 5.46. The predicted octanol–water partition coefficient (Wildman–Crippen LogP) is 3.85. The third-order valence-corrected chi connectivity index (χ3v) is 3.36. The molecule has 0 aliphatic heterocycles. The Morgan fingerprint density at radius 3 is 2.64 bits per heavy atom. The number of carbonyl (C=O) groups excluding carboxylic acids is 1. The topological polar surface area (TPSA) is 55.8 Å². The Morgan fingerprint density at radius 1 is 1.14 bits per heavy atom. The van der Waals surface area contributed by atoms with Crippen molar-refractivity contribution in [1.82, 2.24) is 0 Å². The molecular weight excluding hydrogens is 280 g/mol. The van der Waals surface area contributed by atoms with E-state index >= 15 is 0 Å². The minimum absolute atomic E-state index is 0.195. The first kappa shape index (κ1) is 18.5. The number of esters is 1. The van der Waals surface area contributed by atoms with Gasteiger partial charge >= 0.3 is 5.97 Å². The molecule has 0 radical (unpaired) electrons. The van der Waals surface area contributed by atoms with Crippen LogP contribution in [0.25, 0.3) is 0 Å². The van der Waals surface area contributed by atoms with Crippen LogP contribution in [0.15, 0.2) is 24.3 Å². The van der Waals surface area contributed by atoms with E-state index in [9.17, 15) is 9.90 Å². The molecule has 22 heavy (non-hydrogen) atoms. The summed E-state index contributed by atoms with van der Waals surface area (Å²) in [5.41, 5.74) is 0.868. The Hall–Kier alpha value is -1.55. The molecule has 1 aromatic rings. The molecule has 4 heteroatoms. The van der Waals surface area contributed by atoms with Crippen LogP contribution in [0.5, 0.6) is 5.75 Å². The fraction of sp³-hybridized carbons (Fsp3) is 0.611. The van der Waals surface area contributed by atoms with Crippen LogP contribution in [0, 0.1) is 0 Å². The maximum Gasteiger partial charge on any atom is 0.335 e. The van der Waals surface area contributed by atoms with Crippen LogP contribution in [0.2, 0.25) is 0 Å². The van der Waals surface area contributed by atoms with Crippen molar-refractivity contribution in [1.29, 1.82) is 0 Å². The van der Waals surface area contributed by atoms with Crippen LogP contribution in [-0.4, -0.2) is 30.4 Å². The summed E-state index contributed by atoms with van der Waals surface area (Å²) in [6.45, 7) is 5.09. The molecule has 1 unspecified atom stereocenters. The second kappa shape index (κ2) is 11.1. The van der Waals surface area contributed by atoms with Crippen LogP contribution in [0.4, 0.5) is 0 Å². The van der Waals surface area contributed by atoms with Gasteiger partial charge in [0.2, 0.25) is 0 Å². The number of phenols is 1. The molecule has 0 bridgehead atoms. The van der Waals surface area contributed by atoms with Crippen molar-refractivity contribution in [2.75, 3.05) is 13.2 Å². The van der Waals surface area contributed by atoms with Gasteiger partial charge in [-0.05, 0) is 30.5 Å². The summed E-state index contributed by atoms with van der Waals surface area (Å²) in [5.74, 6) is -0.123. The zero-order chi connectivity index (χ0) is 16.2. The van der Waals surface area contributed by atoms with Crippen LogP contribution in [0.1, 0.15) is 51.5 Å². The van der Waals surface area contributed by atoms with Crippen LogP contribution in [0.3, 0.4) is 0 Å². The van der Waals surface area contributed by atoms with E-state index in [4.69, 9.17) is 9.47 Å². The normalized spacial score (nSPS) is 12.1. The average Bonchev–Trinajstić information content (AvgIpc) is 2.51. The van der Waals surface area contributed by atoms with E-state index in [-0.39, 0.29) is 11.7 Å². The molecule has 0 spiro atoms. The van der Waals surface area contributed by atoms with Crippen molar-refractivity contribution in [2.45, 2.75) is 58.5 Å². The molecule has 0 aromatic heterocycles. The first-order chi connectivity index (χ1) is 10.7. The lowest BCUT2D eigenvalue weighted by atomic mass is 10.1. The van der Waals surface area contributed by atoms with E-state index in [0.717, 1.165) is 24.8 Å². The smallest absolute Gasteiger partial charge is 0.335 e. The predicted molar refractivity (Wildman–Crippen MR) is 86.9 cm³/mol. The maximum atomic E-state index is 12.1. The monoisotopic (exact) mass is 308 g/mol. The molecule has 124 valence electrons. The van der Waals surface area contributed by atoms with Gasteiger partial charge in [0.1, 0.15) is 5.75 Å². The van der Waals surface area contributed by atoms with E-state index in [0.29, 0.717) is 19.6 Å². The van der Waals surface area contributed by atoms with Crippen LogP contribution >= 0.6 is 0 Å². The molecule has 0 heterocycles. The maximum absolute atomic E-state index is 12.1. The molecule has 4 nitrogen and oxygen atoms in total. The molecule has 1 N–H and O–H groups in total. The lowest BCUT2D eigenvalue weighted by Crippen LogP contribution is -2.29. The highest BCUT2D eigenvalue weighted by atomic mass is 16.6. The number of unbranched alkanes of at least 4 members (excludes halogenated alkanes) is 3. The van der Waals surface area contributed by atoms with E-state index in [1.54, 1.807) is 18.2 Å². The van der Waals surface area contributed by atoms with Gasteiger partial charge in [0.25, 0.3) is 0 Å². The molecule has 1 rings (SSSR count). The van der Waals surface area contributed by atoms with Crippen molar-refractivity contribution >= 4 is 5.97 Å². The highest BCUT2D eigenvalue weighted by Gasteiger charge is 2.21. The van der Waals surface area contributed by atoms with Gasteiger partial charge in [0.15, 0.2) is 6.10 Å². The third-order valence-electron chi connectivity index (χ3n) is 3.36. The number of phenolic OH excluding ortho intramolecular Hbond substituents is 1. The van der Waals surface area contributed by atoms with Gasteiger partial charge in [0, 0.05) is 13.0 Å². The largest absolute Gasteiger partial charge is 0.508 e. The zero-order valence-corrected chi connectivity index (χ0v) is 13.7. The number of ether oxygens (including phenoxy) is 2. The van der Waals surface area contributed by atoms with Crippen LogP contribution in [-0.2, 0) is 20.7 Å². The second-order valence-electron chi connectivity index (χ2n) is 5.46. The summed E-state index contributed by atoms with van der Waals surface area (Å²) in [6.07, 6.45) is 5.03. The van der Waals surface area contributed by atoms with E-state index in [1.165, 1.54) is 12.8 Å². The molecule has 0 saturated heterocycles. The fourth-order valence-corrected chi connectivity index (χ4v) is 2.16. The Bertz CT molecular complexity index is 431. The van der Waals surface area contributed by atoms with E-state index in [1.807, 2.05) is 13.0 Å². The molecule has 0 amide bonds. The van der Waals surface area contributed by atoms with Crippen LogP contribution < -0.4 is 0 Å². The molecule has 0 saturated carbocycles. The highest BCUT2D eigenvalue weighted by Crippen LogP contribution is 2.15. The average molecular weight is 308 g/mol. The summed E-state index contributed by atoms with van der Waals surface area (Å²) in [6, 6.07) is 6.90. The van der Waals surface area contributed by atoms with E-state index < -0.39 is 6.10 Å². The number of rotatable bonds is 11. The summed E-state index contributed by atoms with van der Waals surface area (Å²) < 4.78 is 10.9. The van der Waals surface area contributed by atoms with Gasteiger partial charge in [-0.2, -0.15) is 0 Å². The first-order valence-corrected chi connectivity index (χ1v) is 8.23. The Kier molecular flexibility index (Phi) is 9.31.